The van der Waals surface area contributed by atoms with Crippen molar-refractivity contribution in [2.75, 3.05) is 10.6 Å². The third-order valence-corrected chi connectivity index (χ3v) is 5.15. The van der Waals surface area contributed by atoms with Crippen molar-refractivity contribution in [2.24, 2.45) is 0 Å². The van der Waals surface area contributed by atoms with Gasteiger partial charge < -0.3 is 20.7 Å². The highest BCUT2D eigenvalue weighted by Gasteiger charge is 2.22. The summed E-state index contributed by atoms with van der Waals surface area (Å²) in [6, 6.07) is 4.46. The predicted octanol–water partition coefficient (Wildman–Crippen LogP) is 4.26. The van der Waals surface area contributed by atoms with E-state index < -0.39 is 29.6 Å². The second kappa shape index (κ2) is 9.35. The fourth-order valence-electron chi connectivity index (χ4n) is 3.60. The molecule has 8 nitrogen and oxygen atoms in total. The largest absolute Gasteiger partial charge is 0.459 e. The van der Waals surface area contributed by atoms with E-state index in [9.17, 15) is 18.4 Å². The molecule has 2 aliphatic heterocycles. The van der Waals surface area contributed by atoms with Crippen molar-refractivity contribution < 1.29 is 23.1 Å². The quantitative estimate of drug-likeness (QED) is 0.559. The van der Waals surface area contributed by atoms with Gasteiger partial charge in [0.25, 0.3) is 5.91 Å². The fourth-order valence-corrected chi connectivity index (χ4v) is 3.60. The van der Waals surface area contributed by atoms with Crippen LogP contribution in [-0.2, 0) is 4.74 Å². The maximum absolute atomic E-state index is 13.8. The maximum atomic E-state index is 13.8. The fraction of sp³-hybridized carbons (Fsp3) is 0.304. The van der Waals surface area contributed by atoms with Crippen LogP contribution in [0.2, 0.25) is 0 Å². The number of carbonyl (C=O) groups excluding carboxylic acids is 2. The Labute approximate surface area is 189 Å². The lowest BCUT2D eigenvalue weighted by molar-refractivity contribution is 0.0378. The Morgan fingerprint density at radius 2 is 1.88 bits per heavy atom. The first-order valence-electron chi connectivity index (χ1n) is 10.6. The summed E-state index contributed by atoms with van der Waals surface area (Å²) in [7, 11) is 0. The molecular formula is C23H23F2N5O3. The number of nitrogens with one attached hydrogen (secondary N) is 3. The van der Waals surface area contributed by atoms with E-state index in [1.807, 2.05) is 0 Å². The van der Waals surface area contributed by atoms with Crippen LogP contribution in [-0.4, -0.2) is 28.2 Å². The number of hydrogen-bond acceptors (Lipinski definition) is 7. The van der Waals surface area contributed by atoms with Gasteiger partial charge in [-0.3, -0.25) is 4.79 Å². The van der Waals surface area contributed by atoms with E-state index in [2.05, 4.69) is 32.2 Å². The van der Waals surface area contributed by atoms with Crippen molar-refractivity contribution >= 4 is 23.4 Å². The van der Waals surface area contributed by atoms with E-state index >= 15 is 0 Å². The number of carbonyl (C=O) groups is 2. The molecule has 1 aromatic carbocycles. The van der Waals surface area contributed by atoms with Crippen LogP contribution < -0.4 is 16.0 Å². The third-order valence-electron chi connectivity index (χ3n) is 5.15. The Hall–Kier alpha value is -3.82. The summed E-state index contributed by atoms with van der Waals surface area (Å²) in [6.07, 6.45) is 5.37. The van der Waals surface area contributed by atoms with Crippen molar-refractivity contribution in [3.63, 3.8) is 0 Å². The van der Waals surface area contributed by atoms with Gasteiger partial charge in [0.15, 0.2) is 23.1 Å². The number of esters is 1. The van der Waals surface area contributed by atoms with E-state index in [0.717, 1.165) is 43.1 Å². The molecule has 33 heavy (non-hydrogen) atoms. The summed E-state index contributed by atoms with van der Waals surface area (Å²) in [4.78, 5) is 24.9. The van der Waals surface area contributed by atoms with Gasteiger partial charge in [0.1, 0.15) is 0 Å². The molecule has 1 fully saturated rings. The van der Waals surface area contributed by atoms with E-state index in [1.54, 1.807) is 19.9 Å². The number of benzene rings is 1. The highest BCUT2D eigenvalue weighted by Crippen LogP contribution is 2.28. The van der Waals surface area contributed by atoms with Crippen molar-refractivity contribution in [3.8, 4) is 0 Å². The molecule has 0 atom stereocenters. The van der Waals surface area contributed by atoms with Crippen LogP contribution in [0.5, 0.6) is 0 Å². The van der Waals surface area contributed by atoms with Gasteiger partial charge in [0.05, 0.1) is 17.4 Å². The summed E-state index contributed by atoms with van der Waals surface area (Å²) in [5, 5.41) is 17.0. The summed E-state index contributed by atoms with van der Waals surface area (Å²) < 4.78 is 32.5. The number of ether oxygens (including phenoxy) is 1. The Bertz CT molecular complexity index is 1160. The van der Waals surface area contributed by atoms with Gasteiger partial charge in [-0.25, -0.2) is 13.6 Å². The summed E-state index contributed by atoms with van der Waals surface area (Å²) >= 11 is 0. The monoisotopic (exact) mass is 455 g/mol. The zero-order valence-corrected chi connectivity index (χ0v) is 18.2. The van der Waals surface area contributed by atoms with Crippen LogP contribution in [0.25, 0.3) is 0 Å². The number of rotatable bonds is 6. The summed E-state index contributed by atoms with van der Waals surface area (Å²) in [5.74, 6) is -3.59. The molecule has 2 aliphatic rings. The highest BCUT2D eigenvalue weighted by molar-refractivity contribution is 6.07. The summed E-state index contributed by atoms with van der Waals surface area (Å²) in [6.45, 7) is 3.23. The van der Waals surface area contributed by atoms with Crippen molar-refractivity contribution in [1.82, 2.24) is 15.5 Å². The van der Waals surface area contributed by atoms with Crippen LogP contribution in [0.4, 0.5) is 20.3 Å². The van der Waals surface area contributed by atoms with E-state index in [-0.39, 0.29) is 16.9 Å². The minimum absolute atomic E-state index is 0.0603. The highest BCUT2D eigenvalue weighted by atomic mass is 19.2. The first-order chi connectivity index (χ1) is 15.8. The Morgan fingerprint density at radius 1 is 1.09 bits per heavy atom. The second-order valence-corrected chi connectivity index (χ2v) is 8.00. The Kier molecular flexibility index (Phi) is 6.34. The van der Waals surface area contributed by atoms with Crippen molar-refractivity contribution in [1.29, 1.82) is 0 Å². The molecule has 10 heteroatoms. The van der Waals surface area contributed by atoms with Crippen LogP contribution in [0.1, 0.15) is 60.4 Å². The number of fused-ring (bicyclic) bond motifs is 2. The minimum Gasteiger partial charge on any atom is -0.459 e. The molecule has 3 heterocycles. The number of nitrogens with zero attached hydrogens (tertiary/aromatic N) is 2. The molecule has 0 radical (unpaired) electrons. The van der Waals surface area contributed by atoms with Crippen LogP contribution >= 0.6 is 0 Å². The van der Waals surface area contributed by atoms with Gasteiger partial charge in [-0.15, -0.1) is 10.2 Å². The summed E-state index contributed by atoms with van der Waals surface area (Å²) in [5.41, 5.74) is 2.79. The minimum atomic E-state index is -1.23. The normalized spacial score (nSPS) is 15.0. The molecular weight excluding hydrogens is 432 g/mol. The standard InChI is InChI=1S/C23H23F2N5O3/c1-12(2)33-23(32)14-10-15(24)16(25)11-20(14)28-22(31)19-8-9-21(30-29-19)27-17-5-3-4-13-6-7-18(17)26-13/h4,8-12,26H,3,5-7H2,1-2H3,(H,27,30)(H,28,31). The number of anilines is 2. The molecule has 1 aromatic heterocycles. The van der Waals surface area contributed by atoms with E-state index in [4.69, 9.17) is 4.74 Å². The van der Waals surface area contributed by atoms with Crippen molar-refractivity contribution in [2.45, 2.75) is 45.6 Å². The molecule has 2 aromatic rings. The number of amides is 1. The number of hydrogen-bond donors (Lipinski definition) is 3. The third kappa shape index (κ3) is 5.16. The molecule has 0 unspecified atom stereocenters. The van der Waals surface area contributed by atoms with Gasteiger partial charge in [0.2, 0.25) is 0 Å². The lowest BCUT2D eigenvalue weighted by atomic mass is 10.1. The molecule has 1 amide bonds. The molecule has 172 valence electrons. The Balaban J connectivity index is 1.49. The number of aromatic nitrogens is 2. The molecule has 2 bridgehead atoms. The predicted molar refractivity (Wildman–Crippen MR) is 117 cm³/mol. The van der Waals surface area contributed by atoms with Gasteiger partial charge in [-0.05, 0) is 57.7 Å². The zero-order chi connectivity index (χ0) is 23.5. The van der Waals surface area contributed by atoms with Gasteiger partial charge in [-0.2, -0.15) is 0 Å². The van der Waals surface area contributed by atoms with Gasteiger partial charge in [-0.1, -0.05) is 6.08 Å². The number of allylic oxidation sites excluding steroid dienone is 4. The van der Waals surface area contributed by atoms with Crippen LogP contribution in [0.15, 0.2) is 47.4 Å². The second-order valence-electron chi connectivity index (χ2n) is 8.00. The molecule has 3 N–H and O–H groups in total. The number of halogens is 2. The first kappa shape index (κ1) is 22.4. The molecule has 1 saturated heterocycles. The molecule has 0 saturated carbocycles. The average Bonchev–Trinajstić information content (AvgIpc) is 3.14. The van der Waals surface area contributed by atoms with Crippen LogP contribution in [0.3, 0.4) is 0 Å². The molecule has 4 rings (SSSR count). The smallest absolute Gasteiger partial charge is 0.340 e. The zero-order valence-electron chi connectivity index (χ0n) is 18.2. The first-order valence-corrected chi connectivity index (χ1v) is 10.6. The van der Waals surface area contributed by atoms with E-state index in [0.29, 0.717) is 11.9 Å². The lowest BCUT2D eigenvalue weighted by Crippen LogP contribution is -2.19. The van der Waals surface area contributed by atoms with E-state index in [1.165, 1.54) is 11.8 Å². The van der Waals surface area contributed by atoms with Gasteiger partial charge >= 0.3 is 5.97 Å². The topological polar surface area (TPSA) is 105 Å². The van der Waals surface area contributed by atoms with Crippen molar-refractivity contribution in [3.05, 3.63) is 70.3 Å². The maximum Gasteiger partial charge on any atom is 0.340 e. The lowest BCUT2D eigenvalue weighted by Gasteiger charge is -2.14. The molecule has 0 aliphatic carbocycles. The van der Waals surface area contributed by atoms with Crippen LogP contribution in [0, 0.1) is 11.6 Å². The Morgan fingerprint density at radius 3 is 2.61 bits per heavy atom. The van der Waals surface area contributed by atoms with Gasteiger partial charge in [0, 0.05) is 23.2 Å². The molecule has 0 spiro atoms. The SMILES string of the molecule is CC(C)OC(=O)c1cc(F)c(F)cc1NC(=O)c1ccc(NC2=C3CCC(=CCC2)N3)nn1. The average molecular weight is 455 g/mol.